The summed E-state index contributed by atoms with van der Waals surface area (Å²) < 4.78 is 24.8. The lowest BCUT2D eigenvalue weighted by Gasteiger charge is -2.23. The van der Waals surface area contributed by atoms with Gasteiger partial charge in [0.05, 0.1) is 12.6 Å². The number of fused-ring (bicyclic) bond motifs is 1. The first-order chi connectivity index (χ1) is 15.1. The summed E-state index contributed by atoms with van der Waals surface area (Å²) in [5, 5.41) is 6.79. The number of hydrogen-bond acceptors (Lipinski definition) is 4. The van der Waals surface area contributed by atoms with Crippen LogP contribution in [-0.2, 0) is 17.8 Å². The fourth-order valence-electron chi connectivity index (χ4n) is 4.21. The molecule has 6 nitrogen and oxygen atoms in total. The molecule has 1 saturated heterocycles. The lowest BCUT2D eigenvalue weighted by atomic mass is 10.1. The summed E-state index contributed by atoms with van der Waals surface area (Å²) in [5.74, 6) is 1.19. The highest BCUT2D eigenvalue weighted by Crippen LogP contribution is 2.29. The van der Waals surface area contributed by atoms with Gasteiger partial charge in [-0.05, 0) is 61.6 Å². The summed E-state index contributed by atoms with van der Waals surface area (Å²) in [7, 11) is 1.76. The number of guanidine groups is 1. The molecule has 0 radical (unpaired) electrons. The first-order valence-corrected chi connectivity index (χ1v) is 11.0. The predicted octanol–water partition coefficient (Wildman–Crippen LogP) is 3.76. The molecule has 31 heavy (non-hydrogen) atoms. The molecule has 0 spiro atoms. The minimum absolute atomic E-state index is 0.108. The summed E-state index contributed by atoms with van der Waals surface area (Å²) >= 11 is 0. The Bertz CT molecular complexity index is 928. The molecule has 7 heteroatoms. The minimum atomic E-state index is -0.267. The Morgan fingerprint density at radius 2 is 2.06 bits per heavy atom. The van der Waals surface area contributed by atoms with Crippen molar-refractivity contribution < 1.29 is 13.9 Å². The van der Waals surface area contributed by atoms with Crippen LogP contribution in [-0.4, -0.2) is 39.4 Å². The molecule has 2 N–H and O–H groups in total. The molecule has 1 unspecified atom stereocenters. The van der Waals surface area contributed by atoms with E-state index in [-0.39, 0.29) is 18.7 Å². The third kappa shape index (κ3) is 5.28. The third-order valence-corrected chi connectivity index (χ3v) is 5.86. The Hall–Kier alpha value is -2.80. The number of hydrogen-bond donors (Lipinski definition) is 2. The number of rotatable bonds is 6. The van der Waals surface area contributed by atoms with E-state index in [4.69, 9.17) is 9.47 Å². The van der Waals surface area contributed by atoms with Gasteiger partial charge < -0.3 is 25.0 Å². The molecule has 1 fully saturated rings. The van der Waals surface area contributed by atoms with Crippen LogP contribution in [0.1, 0.15) is 42.5 Å². The highest BCUT2D eigenvalue weighted by atomic mass is 19.1. The van der Waals surface area contributed by atoms with E-state index in [1.807, 2.05) is 0 Å². The van der Waals surface area contributed by atoms with E-state index in [0.717, 1.165) is 30.0 Å². The molecule has 0 aromatic heterocycles. The van der Waals surface area contributed by atoms with Gasteiger partial charge in [0, 0.05) is 37.9 Å². The van der Waals surface area contributed by atoms with Crippen molar-refractivity contribution in [1.82, 2.24) is 10.6 Å². The highest BCUT2D eigenvalue weighted by molar-refractivity contribution is 5.80. The van der Waals surface area contributed by atoms with Gasteiger partial charge >= 0.3 is 0 Å². The number of nitrogens with zero attached hydrogens (tertiary/aromatic N) is 2. The quantitative estimate of drug-likeness (QED) is 0.544. The molecule has 2 heterocycles. The largest absolute Gasteiger partial charge is 0.467 e. The zero-order chi connectivity index (χ0) is 21.6. The molecule has 2 aliphatic heterocycles. The van der Waals surface area contributed by atoms with E-state index in [9.17, 15) is 4.39 Å². The second-order valence-corrected chi connectivity index (χ2v) is 8.07. The lowest BCUT2D eigenvalue weighted by Crippen LogP contribution is -2.39. The maximum absolute atomic E-state index is 13.9. The monoisotopic (exact) mass is 426 g/mol. The average molecular weight is 427 g/mol. The summed E-state index contributed by atoms with van der Waals surface area (Å²) in [6.07, 6.45) is 3.15. The Balaban J connectivity index is 1.34. The van der Waals surface area contributed by atoms with E-state index in [1.54, 1.807) is 7.05 Å². The summed E-state index contributed by atoms with van der Waals surface area (Å²) in [6, 6.07) is 11.8. The van der Waals surface area contributed by atoms with Crippen LogP contribution >= 0.6 is 0 Å². The molecule has 0 saturated carbocycles. The van der Waals surface area contributed by atoms with Gasteiger partial charge in [0.25, 0.3) is 0 Å². The van der Waals surface area contributed by atoms with Crippen LogP contribution in [0.3, 0.4) is 0 Å². The van der Waals surface area contributed by atoms with Crippen LogP contribution in [0, 0.1) is 5.82 Å². The molecule has 4 rings (SSSR count). The van der Waals surface area contributed by atoms with Gasteiger partial charge in [-0.2, -0.15) is 0 Å². The first-order valence-electron chi connectivity index (χ1n) is 11.0. The van der Waals surface area contributed by atoms with Crippen LogP contribution in [0.2, 0.25) is 0 Å². The maximum atomic E-state index is 13.9. The average Bonchev–Trinajstić information content (AvgIpc) is 3.33. The number of aliphatic imine (C=N–C) groups is 1. The van der Waals surface area contributed by atoms with Crippen molar-refractivity contribution in [3.63, 3.8) is 0 Å². The van der Waals surface area contributed by atoms with Gasteiger partial charge in [-0.15, -0.1) is 0 Å². The number of ether oxygens (including phenoxy) is 2. The molecule has 0 amide bonds. The van der Waals surface area contributed by atoms with Crippen LogP contribution in [0.15, 0.2) is 41.4 Å². The molecule has 0 bridgehead atoms. The third-order valence-electron chi connectivity index (χ3n) is 5.86. The van der Waals surface area contributed by atoms with Crippen LogP contribution in [0.25, 0.3) is 0 Å². The topological polar surface area (TPSA) is 58.1 Å². The normalized spacial score (nSPS) is 17.1. The van der Waals surface area contributed by atoms with Crippen molar-refractivity contribution in [3.8, 4) is 5.75 Å². The predicted molar refractivity (Wildman–Crippen MR) is 121 cm³/mol. The van der Waals surface area contributed by atoms with Gasteiger partial charge in [-0.3, -0.25) is 4.99 Å². The van der Waals surface area contributed by atoms with Crippen LogP contribution in [0.5, 0.6) is 5.75 Å². The smallest absolute Gasteiger partial charge is 0.191 e. The molecule has 2 aromatic carbocycles. The standard InChI is InChI=1S/C24H31FN4O2/c1-17(18-6-5-7-22(14-18)29-10-3-4-11-29)28-24(26-2)27-9-8-19-12-21(25)13-20-15-30-16-31-23(19)20/h5-7,12-14,17H,3-4,8-11,15-16H2,1-2H3,(H2,26,27,28). The molecule has 2 aliphatic rings. The van der Waals surface area contributed by atoms with Crippen molar-refractivity contribution in [2.24, 2.45) is 4.99 Å². The number of halogens is 1. The number of benzene rings is 2. The van der Waals surface area contributed by atoms with Crippen molar-refractivity contribution in [3.05, 3.63) is 58.9 Å². The second kappa shape index (κ2) is 10.0. The zero-order valence-electron chi connectivity index (χ0n) is 18.3. The Labute approximate surface area is 183 Å². The molecular weight excluding hydrogens is 395 g/mol. The molecule has 1 atom stereocenters. The van der Waals surface area contributed by atoms with E-state index in [1.165, 1.54) is 36.2 Å². The van der Waals surface area contributed by atoms with Crippen LogP contribution < -0.4 is 20.3 Å². The number of nitrogens with one attached hydrogen (secondary N) is 2. The van der Waals surface area contributed by atoms with Crippen molar-refractivity contribution >= 4 is 11.6 Å². The first kappa shape index (κ1) is 21.4. The highest BCUT2D eigenvalue weighted by Gasteiger charge is 2.17. The van der Waals surface area contributed by atoms with E-state index in [2.05, 4.69) is 51.7 Å². The summed E-state index contributed by atoms with van der Waals surface area (Å²) in [5.41, 5.74) is 4.11. The Kier molecular flexibility index (Phi) is 6.92. The van der Waals surface area contributed by atoms with E-state index in [0.29, 0.717) is 25.5 Å². The lowest BCUT2D eigenvalue weighted by molar-refractivity contribution is -0.0172. The van der Waals surface area contributed by atoms with Crippen molar-refractivity contribution in [2.45, 2.75) is 38.8 Å². The SMILES string of the molecule is CN=C(NCCc1cc(F)cc2c1OCOC2)NC(C)c1cccc(N2CCCC2)c1. The van der Waals surface area contributed by atoms with Gasteiger partial charge in [-0.25, -0.2) is 4.39 Å². The zero-order valence-corrected chi connectivity index (χ0v) is 18.3. The van der Waals surface area contributed by atoms with Crippen molar-refractivity contribution in [2.75, 3.05) is 38.4 Å². The maximum Gasteiger partial charge on any atom is 0.191 e. The minimum Gasteiger partial charge on any atom is -0.467 e. The number of anilines is 1. The fraction of sp³-hybridized carbons (Fsp3) is 0.458. The molecule has 0 aliphatic carbocycles. The van der Waals surface area contributed by atoms with E-state index < -0.39 is 0 Å². The van der Waals surface area contributed by atoms with Gasteiger partial charge in [0.1, 0.15) is 11.6 Å². The van der Waals surface area contributed by atoms with Crippen LogP contribution in [0.4, 0.5) is 10.1 Å². The Morgan fingerprint density at radius 1 is 1.23 bits per heavy atom. The molecule has 166 valence electrons. The van der Waals surface area contributed by atoms with Gasteiger partial charge in [0.15, 0.2) is 12.8 Å². The molecular formula is C24H31FN4O2. The van der Waals surface area contributed by atoms with Gasteiger partial charge in [0.2, 0.25) is 0 Å². The fourth-order valence-corrected chi connectivity index (χ4v) is 4.21. The summed E-state index contributed by atoms with van der Waals surface area (Å²) in [6.45, 7) is 5.59. The Morgan fingerprint density at radius 3 is 2.87 bits per heavy atom. The second-order valence-electron chi connectivity index (χ2n) is 8.07. The summed E-state index contributed by atoms with van der Waals surface area (Å²) in [4.78, 5) is 6.79. The van der Waals surface area contributed by atoms with E-state index >= 15 is 0 Å². The molecule has 2 aromatic rings. The van der Waals surface area contributed by atoms with Gasteiger partial charge in [-0.1, -0.05) is 12.1 Å². The van der Waals surface area contributed by atoms with Crippen molar-refractivity contribution in [1.29, 1.82) is 0 Å².